The molecule has 0 saturated carbocycles. The van der Waals surface area contributed by atoms with Gasteiger partial charge in [-0.15, -0.1) is 0 Å². The molecule has 0 bridgehead atoms. The molecule has 0 aliphatic carbocycles. The van der Waals surface area contributed by atoms with Crippen molar-refractivity contribution in [2.75, 3.05) is 5.32 Å². The van der Waals surface area contributed by atoms with Crippen LogP contribution in [0.25, 0.3) is 0 Å². The van der Waals surface area contributed by atoms with E-state index >= 15 is 0 Å². The number of hydrogen-bond donors (Lipinski definition) is 1. The van der Waals surface area contributed by atoms with Crippen LogP contribution in [-0.4, -0.2) is 15.7 Å². The lowest BCUT2D eigenvalue weighted by Gasteiger charge is -2.03. The van der Waals surface area contributed by atoms with Crippen LogP contribution in [0.15, 0.2) is 54.7 Å². The molecule has 4 nitrogen and oxygen atoms in total. The highest BCUT2D eigenvalue weighted by atomic mass is 35.5. The summed E-state index contributed by atoms with van der Waals surface area (Å²) in [6.45, 7) is 0.299. The summed E-state index contributed by atoms with van der Waals surface area (Å²) in [5.41, 5.74) is 0.864. The molecule has 0 spiro atoms. The fraction of sp³-hybridized carbons (Fsp3) is 0.0588. The smallest absolute Gasteiger partial charge is 0.257 e. The van der Waals surface area contributed by atoms with E-state index in [2.05, 4.69) is 10.4 Å². The molecular weight excluding hydrogens is 336 g/mol. The van der Waals surface area contributed by atoms with Crippen LogP contribution in [0.1, 0.15) is 15.9 Å². The lowest BCUT2D eigenvalue weighted by Crippen LogP contribution is -2.13. The zero-order valence-corrected chi connectivity index (χ0v) is 13.1. The zero-order valence-electron chi connectivity index (χ0n) is 12.3. The van der Waals surface area contributed by atoms with Gasteiger partial charge in [0.1, 0.15) is 16.7 Å². The van der Waals surface area contributed by atoms with E-state index in [1.165, 1.54) is 41.2 Å². The molecular formula is C17H12ClF2N3O. The second kappa shape index (κ2) is 6.80. The molecule has 0 atom stereocenters. The number of aromatic nitrogens is 2. The summed E-state index contributed by atoms with van der Waals surface area (Å²) < 4.78 is 27.9. The molecule has 0 unspecified atom stereocenters. The van der Waals surface area contributed by atoms with Gasteiger partial charge in [-0.1, -0.05) is 29.8 Å². The molecule has 0 saturated heterocycles. The van der Waals surface area contributed by atoms with Gasteiger partial charge in [0.05, 0.1) is 6.54 Å². The third kappa shape index (κ3) is 3.78. The van der Waals surface area contributed by atoms with E-state index in [1.54, 1.807) is 12.1 Å². The summed E-state index contributed by atoms with van der Waals surface area (Å²) in [4.78, 5) is 12.1. The normalized spacial score (nSPS) is 10.6. The first-order valence-corrected chi connectivity index (χ1v) is 7.43. The van der Waals surface area contributed by atoms with Crippen LogP contribution < -0.4 is 5.32 Å². The minimum Gasteiger partial charge on any atom is -0.304 e. The average Bonchev–Trinajstić information content (AvgIpc) is 2.86. The number of benzene rings is 2. The molecule has 0 aliphatic rings. The molecule has 3 rings (SSSR count). The molecule has 0 aliphatic heterocycles. The molecule has 122 valence electrons. The number of nitrogens with one attached hydrogen (secondary N) is 1. The second-order valence-electron chi connectivity index (χ2n) is 5.12. The summed E-state index contributed by atoms with van der Waals surface area (Å²) >= 11 is 6.06. The van der Waals surface area contributed by atoms with E-state index in [4.69, 9.17) is 11.6 Å². The van der Waals surface area contributed by atoms with Crippen molar-refractivity contribution in [1.82, 2.24) is 9.78 Å². The number of amides is 1. The zero-order chi connectivity index (χ0) is 17.1. The van der Waals surface area contributed by atoms with Crippen molar-refractivity contribution < 1.29 is 13.6 Å². The standard InChI is InChI=1S/C17H12ClF2N3O/c18-15-10-23(9-11-3-1-5-13(19)7-11)22-16(15)21-17(24)12-4-2-6-14(20)8-12/h1-8,10H,9H2,(H,21,22,24). The largest absolute Gasteiger partial charge is 0.304 e. The molecule has 1 N–H and O–H groups in total. The van der Waals surface area contributed by atoms with Crippen LogP contribution >= 0.6 is 11.6 Å². The SMILES string of the molecule is O=C(Nc1nn(Cc2cccc(F)c2)cc1Cl)c1cccc(F)c1. The molecule has 0 radical (unpaired) electrons. The summed E-state index contributed by atoms with van der Waals surface area (Å²) in [7, 11) is 0. The van der Waals surface area contributed by atoms with E-state index in [0.717, 1.165) is 6.07 Å². The second-order valence-corrected chi connectivity index (χ2v) is 5.52. The minimum absolute atomic E-state index is 0.155. The number of nitrogens with zero attached hydrogens (tertiary/aromatic N) is 2. The average molecular weight is 348 g/mol. The third-order valence-corrected chi connectivity index (χ3v) is 3.55. The van der Waals surface area contributed by atoms with Crippen LogP contribution in [0, 0.1) is 11.6 Å². The molecule has 0 fully saturated rings. The van der Waals surface area contributed by atoms with E-state index in [9.17, 15) is 13.6 Å². The summed E-state index contributed by atoms with van der Waals surface area (Å²) in [6, 6.07) is 11.4. The molecule has 2 aromatic carbocycles. The van der Waals surface area contributed by atoms with Gasteiger partial charge in [0, 0.05) is 11.8 Å². The highest BCUT2D eigenvalue weighted by molar-refractivity contribution is 6.33. The molecule has 1 aromatic heterocycles. The Labute approximate surface area is 141 Å². The van der Waals surface area contributed by atoms with Crippen molar-refractivity contribution in [2.24, 2.45) is 0 Å². The van der Waals surface area contributed by atoms with Gasteiger partial charge in [-0.25, -0.2) is 8.78 Å². The maximum absolute atomic E-state index is 13.2. The van der Waals surface area contributed by atoms with Crippen LogP contribution in [-0.2, 0) is 6.54 Å². The Kier molecular flexibility index (Phi) is 4.57. The quantitative estimate of drug-likeness (QED) is 0.772. The maximum atomic E-state index is 13.2. The van der Waals surface area contributed by atoms with E-state index in [1.807, 2.05) is 0 Å². The number of carbonyl (C=O) groups excluding carboxylic acids is 1. The Morgan fingerprint density at radius 2 is 1.83 bits per heavy atom. The Balaban J connectivity index is 1.75. The number of carbonyl (C=O) groups is 1. The molecule has 7 heteroatoms. The summed E-state index contributed by atoms with van der Waals surface area (Å²) in [5.74, 6) is -1.22. The van der Waals surface area contributed by atoms with Gasteiger partial charge < -0.3 is 5.32 Å². The van der Waals surface area contributed by atoms with Gasteiger partial charge in [0.2, 0.25) is 0 Å². The molecule has 1 amide bonds. The van der Waals surface area contributed by atoms with Crippen molar-refractivity contribution in [1.29, 1.82) is 0 Å². The third-order valence-electron chi connectivity index (χ3n) is 3.27. The van der Waals surface area contributed by atoms with E-state index < -0.39 is 11.7 Å². The van der Waals surface area contributed by atoms with Crippen LogP contribution in [0.2, 0.25) is 5.02 Å². The van der Waals surface area contributed by atoms with Gasteiger partial charge in [-0.05, 0) is 35.9 Å². The van der Waals surface area contributed by atoms with Gasteiger partial charge in [-0.2, -0.15) is 5.10 Å². The van der Waals surface area contributed by atoms with Gasteiger partial charge >= 0.3 is 0 Å². The number of anilines is 1. The van der Waals surface area contributed by atoms with Crippen LogP contribution in [0.4, 0.5) is 14.6 Å². The van der Waals surface area contributed by atoms with Gasteiger partial charge in [0.15, 0.2) is 5.82 Å². The number of rotatable bonds is 4. The minimum atomic E-state index is -0.521. The molecule has 1 heterocycles. The van der Waals surface area contributed by atoms with Gasteiger partial charge in [0.25, 0.3) is 5.91 Å². The lowest BCUT2D eigenvalue weighted by molar-refractivity contribution is 0.102. The van der Waals surface area contributed by atoms with Crippen LogP contribution in [0.3, 0.4) is 0 Å². The fourth-order valence-electron chi connectivity index (χ4n) is 2.19. The number of hydrogen-bond acceptors (Lipinski definition) is 2. The van der Waals surface area contributed by atoms with Crippen molar-refractivity contribution in [3.05, 3.63) is 82.5 Å². The summed E-state index contributed by atoms with van der Waals surface area (Å²) in [6.07, 6.45) is 1.52. The maximum Gasteiger partial charge on any atom is 0.257 e. The van der Waals surface area contributed by atoms with Crippen molar-refractivity contribution in [3.63, 3.8) is 0 Å². The van der Waals surface area contributed by atoms with Crippen LogP contribution in [0.5, 0.6) is 0 Å². The fourth-order valence-corrected chi connectivity index (χ4v) is 2.39. The Morgan fingerprint density at radius 1 is 1.12 bits per heavy atom. The van der Waals surface area contributed by atoms with Gasteiger partial charge in [-0.3, -0.25) is 9.48 Å². The number of halogens is 3. The van der Waals surface area contributed by atoms with Crippen molar-refractivity contribution in [3.8, 4) is 0 Å². The first-order chi connectivity index (χ1) is 11.5. The topological polar surface area (TPSA) is 46.9 Å². The Morgan fingerprint density at radius 3 is 2.54 bits per heavy atom. The monoisotopic (exact) mass is 347 g/mol. The first-order valence-electron chi connectivity index (χ1n) is 7.05. The lowest BCUT2D eigenvalue weighted by atomic mass is 10.2. The Hall–Kier alpha value is -2.73. The molecule has 24 heavy (non-hydrogen) atoms. The Bertz CT molecular complexity index is 895. The van der Waals surface area contributed by atoms with E-state index in [-0.39, 0.29) is 22.2 Å². The first kappa shape index (κ1) is 16.1. The predicted octanol–water partition coefficient (Wildman–Crippen LogP) is 4.12. The van der Waals surface area contributed by atoms with Crippen molar-refractivity contribution in [2.45, 2.75) is 6.54 Å². The van der Waals surface area contributed by atoms with Crippen molar-refractivity contribution >= 4 is 23.3 Å². The highest BCUT2D eigenvalue weighted by Crippen LogP contribution is 2.21. The highest BCUT2D eigenvalue weighted by Gasteiger charge is 2.13. The predicted molar refractivity (Wildman–Crippen MR) is 87.1 cm³/mol. The summed E-state index contributed by atoms with van der Waals surface area (Å²) in [5, 5.41) is 6.92. The molecule has 3 aromatic rings. The van der Waals surface area contributed by atoms with E-state index in [0.29, 0.717) is 12.1 Å².